The summed E-state index contributed by atoms with van der Waals surface area (Å²) < 4.78 is 0. The van der Waals surface area contributed by atoms with Gasteiger partial charge in [0.2, 0.25) is 0 Å². The number of nitrogens with one attached hydrogen (secondary N) is 1. The van der Waals surface area contributed by atoms with Gasteiger partial charge in [-0.1, -0.05) is 36.8 Å². The molecule has 1 nitrogen and oxygen atoms in total. The first-order valence-electron chi connectivity index (χ1n) is 7.59. The summed E-state index contributed by atoms with van der Waals surface area (Å²) in [5.74, 6) is 0. The van der Waals surface area contributed by atoms with Gasteiger partial charge in [-0.05, 0) is 49.5 Å². The Hall–Kier alpha value is -0.820. The zero-order valence-corrected chi connectivity index (χ0v) is 11.1. The predicted octanol–water partition coefficient (Wildman–Crippen LogP) is 3.64. The van der Waals surface area contributed by atoms with Crippen molar-refractivity contribution in [1.82, 2.24) is 5.32 Å². The van der Waals surface area contributed by atoms with E-state index in [2.05, 4.69) is 35.6 Å². The standard InChI is InChI=1S/C17H23N/c1-2-5-14(6-3-1)17(13-18-15-7-8-15)11-16(12-17)9-4-10-16/h1-3,5-6,15,18H,4,7-13H2. The maximum Gasteiger partial charge on any atom is 0.00884 e. The van der Waals surface area contributed by atoms with Crippen molar-refractivity contribution >= 4 is 0 Å². The van der Waals surface area contributed by atoms with Crippen LogP contribution in [0.1, 0.15) is 50.5 Å². The summed E-state index contributed by atoms with van der Waals surface area (Å²) in [4.78, 5) is 0. The predicted molar refractivity (Wildman–Crippen MR) is 74.7 cm³/mol. The lowest BCUT2D eigenvalue weighted by atomic mass is 9.43. The van der Waals surface area contributed by atoms with Gasteiger partial charge in [-0.15, -0.1) is 0 Å². The van der Waals surface area contributed by atoms with Gasteiger partial charge >= 0.3 is 0 Å². The molecule has 1 aromatic carbocycles. The fourth-order valence-corrected chi connectivity index (χ4v) is 4.26. The van der Waals surface area contributed by atoms with Gasteiger partial charge in [0.1, 0.15) is 0 Å². The van der Waals surface area contributed by atoms with Crippen LogP contribution in [0.25, 0.3) is 0 Å². The summed E-state index contributed by atoms with van der Waals surface area (Å²) in [6, 6.07) is 12.1. The molecule has 3 fully saturated rings. The molecule has 3 saturated carbocycles. The van der Waals surface area contributed by atoms with Crippen molar-refractivity contribution in [2.24, 2.45) is 5.41 Å². The van der Waals surface area contributed by atoms with E-state index < -0.39 is 0 Å². The maximum absolute atomic E-state index is 3.78. The van der Waals surface area contributed by atoms with Gasteiger partial charge in [-0.2, -0.15) is 0 Å². The van der Waals surface area contributed by atoms with E-state index in [1.165, 1.54) is 51.5 Å². The fraction of sp³-hybridized carbons (Fsp3) is 0.647. The molecule has 3 aliphatic carbocycles. The van der Waals surface area contributed by atoms with Crippen LogP contribution in [0.15, 0.2) is 30.3 Å². The Bertz CT molecular complexity index is 420. The smallest absolute Gasteiger partial charge is 0.00884 e. The van der Waals surface area contributed by atoms with Crippen LogP contribution in [0.5, 0.6) is 0 Å². The third-order valence-corrected chi connectivity index (χ3v) is 5.53. The first kappa shape index (κ1) is 11.0. The molecule has 1 heteroatoms. The van der Waals surface area contributed by atoms with Gasteiger partial charge < -0.3 is 5.32 Å². The van der Waals surface area contributed by atoms with E-state index in [1.54, 1.807) is 5.56 Å². The highest BCUT2D eigenvalue weighted by molar-refractivity contribution is 5.32. The third kappa shape index (κ3) is 1.72. The van der Waals surface area contributed by atoms with Crippen LogP contribution in [0, 0.1) is 5.41 Å². The zero-order chi connectivity index (χ0) is 12.1. The first-order chi connectivity index (χ1) is 8.80. The van der Waals surface area contributed by atoms with Gasteiger partial charge in [0.25, 0.3) is 0 Å². The minimum absolute atomic E-state index is 0.463. The van der Waals surface area contributed by atoms with Gasteiger partial charge in [-0.3, -0.25) is 0 Å². The molecule has 0 amide bonds. The zero-order valence-electron chi connectivity index (χ0n) is 11.1. The third-order valence-electron chi connectivity index (χ3n) is 5.53. The monoisotopic (exact) mass is 241 g/mol. The molecule has 0 radical (unpaired) electrons. The van der Waals surface area contributed by atoms with Crippen LogP contribution in [0.2, 0.25) is 0 Å². The Balaban J connectivity index is 1.54. The lowest BCUT2D eigenvalue weighted by Crippen LogP contribution is -2.57. The lowest BCUT2D eigenvalue weighted by molar-refractivity contribution is -0.0484. The van der Waals surface area contributed by atoms with Crippen molar-refractivity contribution < 1.29 is 0 Å². The molecule has 0 bridgehead atoms. The number of hydrogen-bond acceptors (Lipinski definition) is 1. The molecule has 0 aromatic heterocycles. The molecular weight excluding hydrogens is 218 g/mol. The molecule has 0 atom stereocenters. The quantitative estimate of drug-likeness (QED) is 0.848. The van der Waals surface area contributed by atoms with Gasteiger partial charge in [-0.25, -0.2) is 0 Å². The molecular formula is C17H23N. The molecule has 0 saturated heterocycles. The highest BCUT2D eigenvalue weighted by atomic mass is 15.0. The average molecular weight is 241 g/mol. The van der Waals surface area contributed by atoms with E-state index in [-0.39, 0.29) is 0 Å². The van der Waals surface area contributed by atoms with Crippen LogP contribution in [0.3, 0.4) is 0 Å². The number of hydrogen-bond donors (Lipinski definition) is 1. The van der Waals surface area contributed by atoms with Crippen molar-refractivity contribution in [2.75, 3.05) is 6.54 Å². The van der Waals surface area contributed by atoms with Crippen molar-refractivity contribution in [1.29, 1.82) is 0 Å². The van der Waals surface area contributed by atoms with Crippen LogP contribution in [-0.4, -0.2) is 12.6 Å². The van der Waals surface area contributed by atoms with Gasteiger partial charge in [0.15, 0.2) is 0 Å². The van der Waals surface area contributed by atoms with Crippen molar-refractivity contribution in [2.45, 2.75) is 56.4 Å². The molecule has 1 spiro atoms. The maximum atomic E-state index is 3.78. The van der Waals surface area contributed by atoms with Crippen LogP contribution in [-0.2, 0) is 5.41 Å². The highest BCUT2D eigenvalue weighted by Gasteiger charge is 2.57. The van der Waals surface area contributed by atoms with Gasteiger partial charge in [0, 0.05) is 18.0 Å². The van der Waals surface area contributed by atoms with Crippen molar-refractivity contribution in [3.8, 4) is 0 Å². The molecule has 4 rings (SSSR count). The molecule has 0 aliphatic heterocycles. The minimum atomic E-state index is 0.463. The molecule has 18 heavy (non-hydrogen) atoms. The second-order valence-corrected chi connectivity index (χ2v) is 7.01. The second kappa shape index (κ2) is 3.84. The van der Waals surface area contributed by atoms with E-state index in [0.29, 0.717) is 5.41 Å². The first-order valence-corrected chi connectivity index (χ1v) is 7.59. The highest BCUT2D eigenvalue weighted by Crippen LogP contribution is 2.64. The molecule has 0 heterocycles. The van der Waals surface area contributed by atoms with E-state index in [0.717, 1.165) is 11.5 Å². The Kier molecular flexibility index (Phi) is 2.35. The van der Waals surface area contributed by atoms with Crippen LogP contribution < -0.4 is 5.32 Å². The molecule has 0 unspecified atom stereocenters. The largest absolute Gasteiger partial charge is 0.313 e. The van der Waals surface area contributed by atoms with Crippen molar-refractivity contribution in [3.05, 3.63) is 35.9 Å². The van der Waals surface area contributed by atoms with Crippen LogP contribution in [0.4, 0.5) is 0 Å². The Morgan fingerprint density at radius 1 is 1.06 bits per heavy atom. The van der Waals surface area contributed by atoms with E-state index >= 15 is 0 Å². The minimum Gasteiger partial charge on any atom is -0.313 e. The van der Waals surface area contributed by atoms with E-state index in [4.69, 9.17) is 0 Å². The molecule has 3 aliphatic rings. The lowest BCUT2D eigenvalue weighted by Gasteiger charge is -2.62. The van der Waals surface area contributed by atoms with Crippen LogP contribution >= 0.6 is 0 Å². The fourth-order valence-electron chi connectivity index (χ4n) is 4.26. The summed E-state index contributed by atoms with van der Waals surface area (Å²) >= 11 is 0. The number of benzene rings is 1. The summed E-state index contributed by atoms with van der Waals surface area (Å²) in [5, 5.41) is 3.78. The van der Waals surface area contributed by atoms with E-state index in [1.807, 2.05) is 0 Å². The van der Waals surface area contributed by atoms with Gasteiger partial charge in [0.05, 0.1) is 0 Å². The summed E-state index contributed by atoms with van der Waals surface area (Å²) in [6.07, 6.45) is 10.1. The molecule has 96 valence electrons. The Morgan fingerprint density at radius 2 is 1.78 bits per heavy atom. The SMILES string of the molecule is c1ccc(C2(CNC3CC3)CC3(CCC3)C2)cc1. The van der Waals surface area contributed by atoms with Crippen molar-refractivity contribution in [3.63, 3.8) is 0 Å². The summed E-state index contributed by atoms with van der Waals surface area (Å²) in [5.41, 5.74) is 2.79. The summed E-state index contributed by atoms with van der Waals surface area (Å²) in [6.45, 7) is 1.21. The average Bonchev–Trinajstić information content (AvgIpc) is 3.11. The second-order valence-electron chi connectivity index (χ2n) is 7.01. The Labute approximate surface area is 110 Å². The normalized spacial score (nSPS) is 27.6. The Morgan fingerprint density at radius 3 is 2.33 bits per heavy atom. The molecule has 1 N–H and O–H groups in total. The number of rotatable bonds is 4. The topological polar surface area (TPSA) is 12.0 Å². The molecule has 1 aromatic rings. The summed E-state index contributed by atoms with van der Waals surface area (Å²) in [7, 11) is 0. The van der Waals surface area contributed by atoms with E-state index in [9.17, 15) is 0 Å².